The quantitative estimate of drug-likeness (QED) is 0.571. The molecule has 5 nitrogen and oxygen atoms in total. The minimum absolute atomic E-state index is 0.0259. The van der Waals surface area contributed by atoms with Gasteiger partial charge in [-0.25, -0.2) is 0 Å². The van der Waals surface area contributed by atoms with Gasteiger partial charge in [-0.05, 0) is 0 Å². The van der Waals surface area contributed by atoms with Gasteiger partial charge in [-0.15, -0.1) is 0 Å². The minimum Gasteiger partial charge on any atom is -0.481 e. The maximum absolute atomic E-state index is 10.8. The summed E-state index contributed by atoms with van der Waals surface area (Å²) in [7, 11) is 0. The molecule has 0 aromatic rings. The number of hydrogen-bond donors (Lipinski definition) is 2. The van der Waals surface area contributed by atoms with E-state index in [9.17, 15) is 14.7 Å². The molecule has 0 bridgehead atoms. The van der Waals surface area contributed by atoms with E-state index >= 15 is 0 Å². The lowest BCUT2D eigenvalue weighted by molar-refractivity contribution is -0.156. The summed E-state index contributed by atoms with van der Waals surface area (Å²) in [6.45, 7) is -0.104. The molecule has 12 heavy (non-hydrogen) atoms. The molecule has 1 fully saturated rings. The molecular formula is C7H10O5. The van der Waals surface area contributed by atoms with Crippen molar-refractivity contribution in [1.82, 2.24) is 0 Å². The lowest BCUT2D eigenvalue weighted by atomic mass is 9.92. The predicted octanol–water partition coefficient (Wildman–Crippen LogP) is -0.818. The number of carbonyl (C=O) groups excluding carboxylic acids is 1. The topological polar surface area (TPSA) is 83.8 Å². The molecule has 5 heteroatoms. The van der Waals surface area contributed by atoms with Crippen molar-refractivity contribution in [1.29, 1.82) is 0 Å². The van der Waals surface area contributed by atoms with Crippen LogP contribution in [0.4, 0.5) is 0 Å². The Morgan fingerprint density at radius 2 is 2.33 bits per heavy atom. The van der Waals surface area contributed by atoms with Crippen molar-refractivity contribution in [2.24, 2.45) is 0 Å². The van der Waals surface area contributed by atoms with E-state index in [0.29, 0.717) is 0 Å². The van der Waals surface area contributed by atoms with Crippen LogP contribution in [0.2, 0.25) is 0 Å². The molecule has 0 amide bonds. The zero-order chi connectivity index (χ0) is 9.19. The molecule has 1 heterocycles. The number of aliphatic hydroxyl groups is 1. The first-order chi connectivity index (χ1) is 5.52. The fourth-order valence-electron chi connectivity index (χ4n) is 1.22. The van der Waals surface area contributed by atoms with Crippen LogP contribution in [0.25, 0.3) is 0 Å². The number of ether oxygens (including phenoxy) is 1. The van der Waals surface area contributed by atoms with Gasteiger partial charge >= 0.3 is 5.97 Å². The number of Topliss-reactive ketones (excluding diaryl/α,β-unsaturated/α-hetero) is 1. The molecule has 2 N–H and O–H groups in total. The Morgan fingerprint density at radius 1 is 1.67 bits per heavy atom. The molecule has 1 unspecified atom stereocenters. The van der Waals surface area contributed by atoms with E-state index in [-0.39, 0.29) is 25.4 Å². The highest BCUT2D eigenvalue weighted by Crippen LogP contribution is 2.20. The van der Waals surface area contributed by atoms with Crippen LogP contribution in [-0.2, 0) is 14.3 Å². The van der Waals surface area contributed by atoms with E-state index in [1.54, 1.807) is 0 Å². The Labute approximate surface area is 68.9 Å². The summed E-state index contributed by atoms with van der Waals surface area (Å²) in [5.41, 5.74) is -1.50. The lowest BCUT2D eigenvalue weighted by Crippen LogP contribution is -2.44. The van der Waals surface area contributed by atoms with E-state index in [0.717, 1.165) is 0 Å². The zero-order valence-corrected chi connectivity index (χ0v) is 6.45. The smallest absolute Gasteiger partial charge is 0.306 e. The number of hydrogen-bond acceptors (Lipinski definition) is 4. The highest BCUT2D eigenvalue weighted by atomic mass is 16.5. The average Bonchev–Trinajstić information content (AvgIpc) is 1.82. The normalized spacial score (nSPS) is 30.2. The van der Waals surface area contributed by atoms with Gasteiger partial charge in [-0.2, -0.15) is 0 Å². The molecule has 0 spiro atoms. The van der Waals surface area contributed by atoms with Gasteiger partial charge in [0, 0.05) is 6.42 Å². The van der Waals surface area contributed by atoms with Gasteiger partial charge in [0.05, 0.1) is 13.0 Å². The van der Waals surface area contributed by atoms with Gasteiger partial charge in [-0.3, -0.25) is 9.59 Å². The average molecular weight is 174 g/mol. The Morgan fingerprint density at radius 3 is 2.83 bits per heavy atom. The molecular weight excluding hydrogens is 164 g/mol. The standard InChI is InChI=1S/C7H10O5/c8-5-1-7(11,2-6(9)10)4-12-3-5/h11H,1-4H2,(H,9,10). The van der Waals surface area contributed by atoms with E-state index in [2.05, 4.69) is 0 Å². The number of ketones is 1. The third-order valence-electron chi connectivity index (χ3n) is 1.64. The molecule has 0 radical (unpaired) electrons. The van der Waals surface area contributed by atoms with Crippen molar-refractivity contribution in [2.45, 2.75) is 18.4 Å². The summed E-state index contributed by atoms with van der Waals surface area (Å²) in [6.07, 6.45) is -0.571. The summed E-state index contributed by atoms with van der Waals surface area (Å²) in [5.74, 6) is -1.39. The first kappa shape index (κ1) is 9.15. The van der Waals surface area contributed by atoms with E-state index in [1.807, 2.05) is 0 Å². The van der Waals surface area contributed by atoms with Crippen LogP contribution in [0.5, 0.6) is 0 Å². The number of carboxylic acids is 1. The van der Waals surface area contributed by atoms with Crippen LogP contribution in [-0.4, -0.2) is 40.8 Å². The number of carboxylic acid groups (broad SMARTS) is 1. The molecule has 1 rings (SSSR count). The summed E-state index contributed by atoms with van der Waals surface area (Å²) in [4.78, 5) is 21.0. The molecule has 0 saturated carbocycles. The molecule has 0 aliphatic carbocycles. The highest BCUT2D eigenvalue weighted by molar-refractivity contribution is 5.82. The monoisotopic (exact) mass is 174 g/mol. The second-order valence-corrected chi connectivity index (χ2v) is 3.00. The van der Waals surface area contributed by atoms with Crippen molar-refractivity contribution in [3.8, 4) is 0 Å². The fourth-order valence-corrected chi connectivity index (χ4v) is 1.22. The molecule has 1 saturated heterocycles. The third-order valence-corrected chi connectivity index (χ3v) is 1.64. The number of aliphatic carboxylic acids is 1. The van der Waals surface area contributed by atoms with E-state index < -0.39 is 18.0 Å². The van der Waals surface area contributed by atoms with Crippen LogP contribution in [0.15, 0.2) is 0 Å². The van der Waals surface area contributed by atoms with Gasteiger partial charge in [0.25, 0.3) is 0 Å². The van der Waals surface area contributed by atoms with Gasteiger partial charge in [0.2, 0.25) is 0 Å². The van der Waals surface area contributed by atoms with Crippen LogP contribution < -0.4 is 0 Å². The van der Waals surface area contributed by atoms with Gasteiger partial charge in [-0.1, -0.05) is 0 Å². The first-order valence-corrected chi connectivity index (χ1v) is 3.55. The van der Waals surface area contributed by atoms with E-state index in [4.69, 9.17) is 9.84 Å². The summed E-state index contributed by atoms with van der Waals surface area (Å²) < 4.78 is 4.74. The van der Waals surface area contributed by atoms with Crippen LogP contribution >= 0.6 is 0 Å². The fraction of sp³-hybridized carbons (Fsp3) is 0.714. The maximum atomic E-state index is 10.8. The highest BCUT2D eigenvalue weighted by Gasteiger charge is 2.36. The maximum Gasteiger partial charge on any atom is 0.306 e. The summed E-state index contributed by atoms with van der Waals surface area (Å²) in [5, 5.41) is 17.9. The molecule has 0 aromatic heterocycles. The third kappa shape index (κ3) is 2.28. The van der Waals surface area contributed by atoms with Crippen molar-refractivity contribution in [3.63, 3.8) is 0 Å². The van der Waals surface area contributed by atoms with Crippen molar-refractivity contribution >= 4 is 11.8 Å². The van der Waals surface area contributed by atoms with E-state index in [1.165, 1.54) is 0 Å². The van der Waals surface area contributed by atoms with Crippen molar-refractivity contribution < 1.29 is 24.5 Å². The first-order valence-electron chi connectivity index (χ1n) is 3.55. The minimum atomic E-state index is -1.50. The van der Waals surface area contributed by atoms with Crippen LogP contribution in [0.3, 0.4) is 0 Å². The molecule has 1 aliphatic heterocycles. The molecule has 1 aliphatic rings. The zero-order valence-electron chi connectivity index (χ0n) is 6.45. The predicted molar refractivity (Wildman–Crippen MR) is 37.6 cm³/mol. The Kier molecular flexibility index (Phi) is 2.44. The Hall–Kier alpha value is -0.940. The molecule has 68 valence electrons. The molecule has 0 aromatic carbocycles. The van der Waals surface area contributed by atoms with Gasteiger partial charge in [0.1, 0.15) is 12.2 Å². The molecule has 1 atom stereocenters. The van der Waals surface area contributed by atoms with Crippen molar-refractivity contribution in [3.05, 3.63) is 0 Å². The largest absolute Gasteiger partial charge is 0.481 e. The Bertz CT molecular complexity index is 208. The second kappa shape index (κ2) is 3.20. The van der Waals surface area contributed by atoms with Crippen LogP contribution in [0.1, 0.15) is 12.8 Å². The summed E-state index contributed by atoms with van der Waals surface area (Å²) in [6, 6.07) is 0. The van der Waals surface area contributed by atoms with Crippen LogP contribution in [0, 0.1) is 0 Å². The summed E-state index contributed by atoms with van der Waals surface area (Å²) >= 11 is 0. The van der Waals surface area contributed by atoms with Crippen molar-refractivity contribution in [2.75, 3.05) is 13.2 Å². The SMILES string of the molecule is O=C(O)CC1(O)COCC(=O)C1. The number of rotatable bonds is 2. The van der Waals surface area contributed by atoms with Gasteiger partial charge in [0.15, 0.2) is 5.78 Å². The number of carbonyl (C=O) groups is 2. The lowest BCUT2D eigenvalue weighted by Gasteiger charge is -2.29. The van der Waals surface area contributed by atoms with Gasteiger partial charge < -0.3 is 14.9 Å². The Balaban J connectivity index is 2.57. The second-order valence-electron chi connectivity index (χ2n) is 3.00.